The quantitative estimate of drug-likeness (QED) is 0.649. The highest BCUT2D eigenvalue weighted by molar-refractivity contribution is 5.80. The smallest absolute Gasteiger partial charge is 0.194 e. The third kappa shape index (κ3) is 4.39. The second-order valence-corrected chi connectivity index (χ2v) is 6.25. The van der Waals surface area contributed by atoms with Gasteiger partial charge in [0.05, 0.1) is 19.3 Å². The Kier molecular flexibility index (Phi) is 5.93. The van der Waals surface area contributed by atoms with Crippen molar-refractivity contribution in [1.29, 1.82) is 0 Å². The summed E-state index contributed by atoms with van der Waals surface area (Å²) in [5.74, 6) is 1.17. The minimum Gasteiger partial charge on any atom is -0.508 e. The number of nitrogens with one attached hydrogen (secondary N) is 1. The lowest BCUT2D eigenvalue weighted by molar-refractivity contribution is -0.0817. The summed E-state index contributed by atoms with van der Waals surface area (Å²) in [6, 6.07) is 7.24. The molecule has 2 aliphatic rings. The number of nitrogens with zero attached hydrogens (tertiary/aromatic N) is 2. The zero-order valence-electron chi connectivity index (χ0n) is 14.3. The van der Waals surface area contributed by atoms with Gasteiger partial charge in [0, 0.05) is 26.2 Å². The monoisotopic (exact) mass is 333 g/mol. The summed E-state index contributed by atoms with van der Waals surface area (Å²) in [5.41, 5.74) is 0.995. The number of guanidine groups is 1. The van der Waals surface area contributed by atoms with Crippen LogP contribution in [0.25, 0.3) is 0 Å². The van der Waals surface area contributed by atoms with Crippen molar-refractivity contribution in [2.24, 2.45) is 4.99 Å². The summed E-state index contributed by atoms with van der Waals surface area (Å²) in [6.45, 7) is 6.60. The van der Waals surface area contributed by atoms with Gasteiger partial charge in [0.25, 0.3) is 0 Å². The molecular formula is C18H27N3O3. The van der Waals surface area contributed by atoms with Crippen molar-refractivity contribution >= 4 is 5.96 Å². The Bertz CT molecular complexity index is 558. The Hall–Kier alpha value is -1.79. The fourth-order valence-electron chi connectivity index (χ4n) is 3.24. The first-order valence-electron chi connectivity index (χ1n) is 8.80. The molecule has 1 aromatic carbocycles. The standard InChI is InChI=1S/C18H27N3O3/c1-2-19-18(20-12-14-5-3-6-15(22)11-14)21-8-10-24-17(13-21)16-7-4-9-23-16/h3,5-6,11,16-17,22H,2,4,7-10,12-13H2,1H3,(H,19,20). The Labute approximate surface area is 143 Å². The number of aliphatic imine (C=N–C) groups is 1. The molecule has 2 saturated heterocycles. The van der Waals surface area contributed by atoms with Crippen LogP contribution in [-0.2, 0) is 16.0 Å². The molecule has 0 amide bonds. The molecule has 2 N–H and O–H groups in total. The van der Waals surface area contributed by atoms with Crippen molar-refractivity contribution in [2.75, 3.05) is 32.8 Å². The molecule has 2 aliphatic heterocycles. The number of phenolic OH excluding ortho intramolecular Hbond substituents is 1. The zero-order valence-corrected chi connectivity index (χ0v) is 14.3. The van der Waals surface area contributed by atoms with Crippen molar-refractivity contribution in [2.45, 2.75) is 38.5 Å². The van der Waals surface area contributed by atoms with E-state index in [1.807, 2.05) is 12.1 Å². The average molecular weight is 333 g/mol. The third-order valence-corrected chi connectivity index (χ3v) is 4.43. The molecular weight excluding hydrogens is 306 g/mol. The van der Waals surface area contributed by atoms with Crippen LogP contribution in [0.3, 0.4) is 0 Å². The van der Waals surface area contributed by atoms with Gasteiger partial charge < -0.3 is 24.8 Å². The van der Waals surface area contributed by atoms with Gasteiger partial charge in [0.15, 0.2) is 5.96 Å². The van der Waals surface area contributed by atoms with Gasteiger partial charge in [-0.2, -0.15) is 0 Å². The molecule has 0 spiro atoms. The number of benzene rings is 1. The number of phenols is 1. The molecule has 2 fully saturated rings. The fraction of sp³-hybridized carbons (Fsp3) is 0.611. The summed E-state index contributed by atoms with van der Waals surface area (Å²) < 4.78 is 11.7. The highest BCUT2D eigenvalue weighted by atomic mass is 16.5. The molecule has 0 radical (unpaired) electrons. The molecule has 0 aromatic heterocycles. The molecule has 0 saturated carbocycles. The summed E-state index contributed by atoms with van der Waals surface area (Å²) in [5, 5.41) is 12.9. The van der Waals surface area contributed by atoms with E-state index in [0.717, 1.165) is 50.6 Å². The number of ether oxygens (including phenoxy) is 2. The minimum atomic E-state index is 0.117. The van der Waals surface area contributed by atoms with E-state index in [1.54, 1.807) is 12.1 Å². The predicted molar refractivity (Wildman–Crippen MR) is 93.2 cm³/mol. The number of rotatable bonds is 4. The van der Waals surface area contributed by atoms with Crippen LogP contribution in [0.5, 0.6) is 5.75 Å². The summed E-state index contributed by atoms with van der Waals surface area (Å²) >= 11 is 0. The number of hydrogen-bond donors (Lipinski definition) is 2. The number of hydrogen-bond acceptors (Lipinski definition) is 4. The van der Waals surface area contributed by atoms with Gasteiger partial charge in [0.1, 0.15) is 11.9 Å². The lowest BCUT2D eigenvalue weighted by Crippen LogP contribution is -2.53. The average Bonchev–Trinajstić information content (AvgIpc) is 3.13. The molecule has 24 heavy (non-hydrogen) atoms. The number of aromatic hydroxyl groups is 1. The predicted octanol–water partition coefficient (Wildman–Crippen LogP) is 1.74. The third-order valence-electron chi connectivity index (χ3n) is 4.43. The van der Waals surface area contributed by atoms with Crippen molar-refractivity contribution in [3.05, 3.63) is 29.8 Å². The van der Waals surface area contributed by atoms with Gasteiger partial charge in [-0.25, -0.2) is 4.99 Å². The Morgan fingerprint density at radius 3 is 2.96 bits per heavy atom. The molecule has 2 heterocycles. The van der Waals surface area contributed by atoms with Gasteiger partial charge in [-0.1, -0.05) is 12.1 Å². The molecule has 132 valence electrons. The first kappa shape index (κ1) is 17.0. The molecule has 1 aromatic rings. The lowest BCUT2D eigenvalue weighted by Gasteiger charge is -2.37. The van der Waals surface area contributed by atoms with Gasteiger partial charge in [0.2, 0.25) is 0 Å². The van der Waals surface area contributed by atoms with Crippen LogP contribution in [0.15, 0.2) is 29.3 Å². The fourth-order valence-corrected chi connectivity index (χ4v) is 3.24. The van der Waals surface area contributed by atoms with Crippen molar-refractivity contribution in [1.82, 2.24) is 10.2 Å². The maximum atomic E-state index is 9.58. The largest absolute Gasteiger partial charge is 0.508 e. The van der Waals surface area contributed by atoms with E-state index < -0.39 is 0 Å². The van der Waals surface area contributed by atoms with Crippen LogP contribution in [0, 0.1) is 0 Å². The molecule has 0 bridgehead atoms. The van der Waals surface area contributed by atoms with Gasteiger partial charge in [-0.15, -0.1) is 0 Å². The summed E-state index contributed by atoms with van der Waals surface area (Å²) in [6.07, 6.45) is 2.53. The topological polar surface area (TPSA) is 66.3 Å². The van der Waals surface area contributed by atoms with E-state index in [1.165, 1.54) is 0 Å². The SMILES string of the molecule is CCNC(=NCc1cccc(O)c1)N1CCOC(C2CCCO2)C1. The molecule has 6 nitrogen and oxygen atoms in total. The minimum absolute atomic E-state index is 0.117. The van der Waals surface area contributed by atoms with Crippen molar-refractivity contribution < 1.29 is 14.6 Å². The lowest BCUT2D eigenvalue weighted by atomic mass is 10.1. The Morgan fingerprint density at radius 2 is 2.21 bits per heavy atom. The maximum Gasteiger partial charge on any atom is 0.194 e. The van der Waals surface area contributed by atoms with Gasteiger partial charge in [-0.3, -0.25) is 0 Å². The van der Waals surface area contributed by atoms with E-state index in [-0.39, 0.29) is 18.0 Å². The van der Waals surface area contributed by atoms with Crippen LogP contribution in [0.4, 0.5) is 0 Å². The normalized spacial score (nSPS) is 25.0. The van der Waals surface area contributed by atoms with E-state index in [0.29, 0.717) is 13.2 Å². The Morgan fingerprint density at radius 1 is 1.33 bits per heavy atom. The Balaban J connectivity index is 1.66. The van der Waals surface area contributed by atoms with Crippen LogP contribution in [0.1, 0.15) is 25.3 Å². The number of morpholine rings is 1. The summed E-state index contributed by atoms with van der Waals surface area (Å²) in [4.78, 5) is 6.99. The second kappa shape index (κ2) is 8.35. The van der Waals surface area contributed by atoms with Crippen molar-refractivity contribution in [3.8, 4) is 5.75 Å². The first-order chi connectivity index (χ1) is 11.8. The molecule has 6 heteroatoms. The highest BCUT2D eigenvalue weighted by Gasteiger charge is 2.32. The zero-order chi connectivity index (χ0) is 16.8. The van der Waals surface area contributed by atoms with Crippen LogP contribution >= 0.6 is 0 Å². The van der Waals surface area contributed by atoms with Crippen LogP contribution in [-0.4, -0.2) is 61.0 Å². The van der Waals surface area contributed by atoms with E-state index in [4.69, 9.17) is 14.5 Å². The molecule has 3 rings (SSSR count). The maximum absolute atomic E-state index is 9.58. The van der Waals surface area contributed by atoms with Crippen LogP contribution in [0.2, 0.25) is 0 Å². The molecule has 2 unspecified atom stereocenters. The first-order valence-corrected chi connectivity index (χ1v) is 8.80. The summed E-state index contributed by atoms with van der Waals surface area (Å²) in [7, 11) is 0. The van der Waals surface area contributed by atoms with E-state index in [9.17, 15) is 5.11 Å². The highest BCUT2D eigenvalue weighted by Crippen LogP contribution is 2.21. The van der Waals surface area contributed by atoms with Gasteiger partial charge in [-0.05, 0) is 37.5 Å². The van der Waals surface area contributed by atoms with E-state index >= 15 is 0 Å². The molecule has 2 atom stereocenters. The molecule has 0 aliphatic carbocycles. The van der Waals surface area contributed by atoms with Crippen LogP contribution < -0.4 is 5.32 Å². The van der Waals surface area contributed by atoms with E-state index in [2.05, 4.69) is 17.1 Å². The van der Waals surface area contributed by atoms with Crippen molar-refractivity contribution in [3.63, 3.8) is 0 Å². The second-order valence-electron chi connectivity index (χ2n) is 6.25. The van der Waals surface area contributed by atoms with Gasteiger partial charge >= 0.3 is 0 Å².